The molecule has 158 valence electrons. The highest BCUT2D eigenvalue weighted by Gasteiger charge is 2.12. The zero-order chi connectivity index (χ0) is 21.6. The number of fused-ring (bicyclic) bond motifs is 1. The molecular formula is C24H25N5O2. The number of carbonyl (C=O) groups is 2. The van der Waals surface area contributed by atoms with Gasteiger partial charge in [-0.05, 0) is 78.2 Å². The monoisotopic (exact) mass is 415 g/mol. The summed E-state index contributed by atoms with van der Waals surface area (Å²) in [5, 5.41) is 11.8. The van der Waals surface area contributed by atoms with Crippen molar-refractivity contribution in [2.24, 2.45) is 0 Å². The normalized spacial score (nSPS) is 12.5. The maximum absolute atomic E-state index is 12.7. The Morgan fingerprint density at radius 2 is 1.71 bits per heavy atom. The highest BCUT2D eigenvalue weighted by molar-refractivity contribution is 6.04. The van der Waals surface area contributed by atoms with E-state index < -0.39 is 0 Å². The van der Waals surface area contributed by atoms with E-state index in [0.29, 0.717) is 23.5 Å². The van der Waals surface area contributed by atoms with Crippen molar-refractivity contribution in [2.45, 2.75) is 19.5 Å². The summed E-state index contributed by atoms with van der Waals surface area (Å²) in [6.07, 6.45) is 0.957. The zero-order valence-electron chi connectivity index (χ0n) is 17.1. The van der Waals surface area contributed by atoms with Crippen molar-refractivity contribution in [2.75, 3.05) is 22.9 Å². The van der Waals surface area contributed by atoms with Crippen LogP contribution in [0.3, 0.4) is 0 Å². The largest absolute Gasteiger partial charge is 0.399 e. The van der Waals surface area contributed by atoms with Crippen LogP contribution in [0.5, 0.6) is 0 Å². The molecule has 0 fully saturated rings. The molecule has 0 atom stereocenters. The molecule has 1 heterocycles. The number of anilines is 3. The van der Waals surface area contributed by atoms with Crippen LogP contribution in [0.15, 0.2) is 66.7 Å². The van der Waals surface area contributed by atoms with E-state index in [1.165, 1.54) is 11.1 Å². The molecule has 3 aromatic carbocycles. The molecule has 0 aliphatic carbocycles. The Morgan fingerprint density at radius 3 is 2.55 bits per heavy atom. The third kappa shape index (κ3) is 5.40. The smallest absolute Gasteiger partial charge is 0.319 e. The fourth-order valence-electron chi connectivity index (χ4n) is 3.50. The Hall–Kier alpha value is -3.84. The number of nitrogens with two attached hydrogens (primary N) is 1. The summed E-state index contributed by atoms with van der Waals surface area (Å²) in [6, 6.07) is 19.8. The van der Waals surface area contributed by atoms with Crippen molar-refractivity contribution in [3.05, 3.63) is 89.0 Å². The summed E-state index contributed by atoms with van der Waals surface area (Å²) in [4.78, 5) is 24.8. The van der Waals surface area contributed by atoms with E-state index in [2.05, 4.69) is 27.3 Å². The van der Waals surface area contributed by atoms with Crippen LogP contribution in [0.25, 0.3) is 0 Å². The van der Waals surface area contributed by atoms with Gasteiger partial charge in [0.2, 0.25) is 0 Å². The molecule has 6 N–H and O–H groups in total. The van der Waals surface area contributed by atoms with E-state index in [1.807, 2.05) is 24.3 Å². The summed E-state index contributed by atoms with van der Waals surface area (Å²) < 4.78 is 0. The van der Waals surface area contributed by atoms with E-state index in [4.69, 9.17) is 5.73 Å². The highest BCUT2D eigenvalue weighted by Crippen LogP contribution is 2.20. The summed E-state index contributed by atoms with van der Waals surface area (Å²) >= 11 is 0. The number of urea groups is 1. The predicted octanol–water partition coefficient (Wildman–Crippen LogP) is 3.49. The first kappa shape index (κ1) is 20.4. The average molecular weight is 415 g/mol. The number of nitrogens with one attached hydrogen (secondary N) is 4. The standard InChI is InChI=1S/C24H25N5O2/c25-20-5-8-21(9-6-20)29-24(31)27-14-16-2-1-3-18(12-16)23(30)28-22-7-4-19-15-26-11-10-17(19)13-22/h1-9,12-13,26H,10-11,14-15,25H2,(H,28,30)(H2,27,29,31). The molecule has 7 heteroatoms. The number of hydrogen-bond acceptors (Lipinski definition) is 4. The summed E-state index contributed by atoms with van der Waals surface area (Å²) in [5.41, 5.74) is 11.6. The van der Waals surface area contributed by atoms with Gasteiger partial charge in [0.05, 0.1) is 0 Å². The molecule has 0 unspecified atom stereocenters. The number of hydrogen-bond donors (Lipinski definition) is 5. The molecule has 1 aliphatic rings. The van der Waals surface area contributed by atoms with Gasteiger partial charge in [-0.2, -0.15) is 0 Å². The first-order chi connectivity index (χ1) is 15.1. The molecule has 0 saturated carbocycles. The molecule has 0 aromatic heterocycles. The minimum atomic E-state index is -0.330. The van der Waals surface area contributed by atoms with Gasteiger partial charge in [-0.1, -0.05) is 18.2 Å². The summed E-state index contributed by atoms with van der Waals surface area (Å²) in [6.45, 7) is 2.11. The van der Waals surface area contributed by atoms with Crippen molar-refractivity contribution < 1.29 is 9.59 Å². The van der Waals surface area contributed by atoms with Gasteiger partial charge >= 0.3 is 6.03 Å². The van der Waals surface area contributed by atoms with Gasteiger partial charge in [0.25, 0.3) is 5.91 Å². The zero-order valence-corrected chi connectivity index (χ0v) is 17.1. The van der Waals surface area contributed by atoms with Crippen LogP contribution in [-0.4, -0.2) is 18.5 Å². The molecule has 4 rings (SSSR count). The Morgan fingerprint density at radius 1 is 0.903 bits per heavy atom. The van der Waals surface area contributed by atoms with E-state index in [9.17, 15) is 9.59 Å². The van der Waals surface area contributed by atoms with Gasteiger partial charge < -0.3 is 27.0 Å². The van der Waals surface area contributed by atoms with Gasteiger partial charge in [0, 0.05) is 35.7 Å². The average Bonchev–Trinajstić information content (AvgIpc) is 2.79. The van der Waals surface area contributed by atoms with E-state index in [1.54, 1.807) is 36.4 Å². The maximum Gasteiger partial charge on any atom is 0.319 e. The molecule has 31 heavy (non-hydrogen) atoms. The molecule has 3 amide bonds. The van der Waals surface area contributed by atoms with Crippen LogP contribution in [0.2, 0.25) is 0 Å². The minimum absolute atomic E-state index is 0.179. The van der Waals surface area contributed by atoms with Crippen molar-refractivity contribution in [3.63, 3.8) is 0 Å². The Kier molecular flexibility index (Phi) is 6.14. The molecule has 0 radical (unpaired) electrons. The first-order valence-electron chi connectivity index (χ1n) is 10.2. The second-order valence-electron chi connectivity index (χ2n) is 7.49. The van der Waals surface area contributed by atoms with Crippen molar-refractivity contribution in [1.82, 2.24) is 10.6 Å². The molecule has 0 spiro atoms. The van der Waals surface area contributed by atoms with E-state index in [-0.39, 0.29) is 11.9 Å². The van der Waals surface area contributed by atoms with Crippen molar-refractivity contribution >= 4 is 29.0 Å². The van der Waals surface area contributed by atoms with Gasteiger partial charge in [-0.3, -0.25) is 4.79 Å². The molecule has 0 saturated heterocycles. The van der Waals surface area contributed by atoms with Crippen LogP contribution < -0.4 is 27.0 Å². The number of rotatable bonds is 5. The van der Waals surface area contributed by atoms with E-state index >= 15 is 0 Å². The predicted molar refractivity (Wildman–Crippen MR) is 123 cm³/mol. The van der Waals surface area contributed by atoms with Gasteiger partial charge in [-0.15, -0.1) is 0 Å². The van der Waals surface area contributed by atoms with Crippen LogP contribution in [0.1, 0.15) is 27.0 Å². The second-order valence-corrected chi connectivity index (χ2v) is 7.49. The Labute approximate surface area is 181 Å². The third-order valence-corrected chi connectivity index (χ3v) is 5.16. The lowest BCUT2D eigenvalue weighted by atomic mass is 10.0. The number of benzene rings is 3. The highest BCUT2D eigenvalue weighted by atomic mass is 16.2. The summed E-state index contributed by atoms with van der Waals surface area (Å²) in [7, 11) is 0. The molecule has 7 nitrogen and oxygen atoms in total. The maximum atomic E-state index is 12.7. The first-order valence-corrected chi connectivity index (χ1v) is 10.2. The van der Waals surface area contributed by atoms with Gasteiger partial charge in [0.1, 0.15) is 0 Å². The number of nitrogen functional groups attached to an aromatic ring is 1. The SMILES string of the molecule is Nc1ccc(NC(=O)NCc2cccc(C(=O)Nc3ccc4c(c3)CCNC4)c2)cc1. The quantitative estimate of drug-likeness (QED) is 0.411. The van der Waals surface area contributed by atoms with Gasteiger partial charge in [0.15, 0.2) is 0 Å². The molecule has 1 aliphatic heterocycles. The van der Waals surface area contributed by atoms with Crippen LogP contribution in [-0.2, 0) is 19.5 Å². The minimum Gasteiger partial charge on any atom is -0.399 e. The van der Waals surface area contributed by atoms with Gasteiger partial charge in [-0.25, -0.2) is 4.79 Å². The molecule has 3 aromatic rings. The third-order valence-electron chi connectivity index (χ3n) is 5.16. The van der Waals surface area contributed by atoms with Crippen LogP contribution in [0.4, 0.5) is 21.9 Å². The van der Waals surface area contributed by atoms with E-state index in [0.717, 1.165) is 30.8 Å². The lowest BCUT2D eigenvalue weighted by Gasteiger charge is -2.18. The lowest BCUT2D eigenvalue weighted by molar-refractivity contribution is 0.102. The topological polar surface area (TPSA) is 108 Å². The second kappa shape index (κ2) is 9.32. The number of carbonyl (C=O) groups excluding carboxylic acids is 2. The van der Waals surface area contributed by atoms with Crippen LogP contribution >= 0.6 is 0 Å². The fraction of sp³-hybridized carbons (Fsp3) is 0.167. The lowest BCUT2D eigenvalue weighted by Crippen LogP contribution is -2.28. The van der Waals surface area contributed by atoms with Crippen molar-refractivity contribution in [1.29, 1.82) is 0 Å². The fourth-order valence-corrected chi connectivity index (χ4v) is 3.50. The number of amides is 3. The Balaban J connectivity index is 1.34. The molecular weight excluding hydrogens is 390 g/mol. The Bertz CT molecular complexity index is 1100. The van der Waals surface area contributed by atoms with Crippen LogP contribution in [0, 0.1) is 0 Å². The summed E-state index contributed by atoms with van der Waals surface area (Å²) in [5.74, 6) is -0.179. The van der Waals surface area contributed by atoms with Crippen molar-refractivity contribution in [3.8, 4) is 0 Å². The molecule has 0 bridgehead atoms.